The molecule has 1 aromatic rings. The third-order valence-corrected chi connectivity index (χ3v) is 2.89. The van der Waals surface area contributed by atoms with E-state index in [1.807, 2.05) is 25.1 Å². The van der Waals surface area contributed by atoms with Crippen LogP contribution in [0.25, 0.3) is 0 Å². The molecule has 1 aliphatic rings. The van der Waals surface area contributed by atoms with Gasteiger partial charge in [0.2, 0.25) is 0 Å². The monoisotopic (exact) mass is 233 g/mol. The summed E-state index contributed by atoms with van der Waals surface area (Å²) in [6, 6.07) is 5.76. The Hall–Kier alpha value is -1.71. The maximum Gasteiger partial charge on any atom is 0.124 e. The number of hydrogen-bond acceptors (Lipinski definition) is 4. The fourth-order valence-corrected chi connectivity index (χ4v) is 1.82. The van der Waals surface area contributed by atoms with Gasteiger partial charge in [-0.1, -0.05) is 6.07 Å². The van der Waals surface area contributed by atoms with E-state index in [4.69, 9.17) is 10.5 Å². The second kappa shape index (κ2) is 5.57. The molecule has 1 aromatic carbocycles. The summed E-state index contributed by atoms with van der Waals surface area (Å²) in [5, 5.41) is 3.25. The Morgan fingerprint density at radius 2 is 2.35 bits per heavy atom. The molecule has 0 spiro atoms. The maximum atomic E-state index is 5.82. The lowest BCUT2D eigenvalue weighted by atomic mass is 10.2. The van der Waals surface area contributed by atoms with Crippen LogP contribution < -0.4 is 15.8 Å². The number of nitrogens with one attached hydrogen (secondary N) is 1. The zero-order valence-electron chi connectivity index (χ0n) is 10.2. The van der Waals surface area contributed by atoms with Gasteiger partial charge >= 0.3 is 0 Å². The van der Waals surface area contributed by atoms with Crippen molar-refractivity contribution in [1.29, 1.82) is 0 Å². The van der Waals surface area contributed by atoms with Crippen LogP contribution in [0.5, 0.6) is 5.75 Å². The first kappa shape index (κ1) is 11.8. The van der Waals surface area contributed by atoms with Crippen molar-refractivity contribution in [3.05, 3.63) is 23.8 Å². The number of rotatable bonds is 5. The van der Waals surface area contributed by atoms with Crippen LogP contribution in [0.1, 0.15) is 18.4 Å². The van der Waals surface area contributed by atoms with Gasteiger partial charge in [0, 0.05) is 24.2 Å². The molecule has 0 aliphatic carbocycles. The Labute approximate surface area is 102 Å². The molecule has 0 radical (unpaired) electrons. The minimum atomic E-state index is 0.699. The molecular weight excluding hydrogens is 214 g/mol. The number of nitrogens with two attached hydrogens (primary N) is 1. The first-order valence-corrected chi connectivity index (χ1v) is 6.02. The van der Waals surface area contributed by atoms with Gasteiger partial charge in [-0.05, 0) is 25.5 Å². The highest BCUT2D eigenvalue weighted by Crippen LogP contribution is 2.22. The highest BCUT2D eigenvalue weighted by Gasteiger charge is 2.05. The Kier molecular flexibility index (Phi) is 3.85. The topological polar surface area (TPSA) is 59.6 Å². The SMILES string of the molecule is Cc1c(N)cccc1OCCCC1=NCCN1. The standard InChI is InChI=1S/C13H19N3O/c1-10-11(14)4-2-5-12(10)17-9-3-6-13-15-7-8-16-13/h2,4-5H,3,6-9,14H2,1H3,(H,15,16). The fraction of sp³-hybridized carbons (Fsp3) is 0.462. The van der Waals surface area contributed by atoms with E-state index in [-0.39, 0.29) is 0 Å². The minimum Gasteiger partial charge on any atom is -0.493 e. The average Bonchev–Trinajstić information content (AvgIpc) is 2.83. The van der Waals surface area contributed by atoms with Gasteiger partial charge in [0.25, 0.3) is 0 Å². The van der Waals surface area contributed by atoms with E-state index < -0.39 is 0 Å². The van der Waals surface area contributed by atoms with Crippen LogP contribution in [0.2, 0.25) is 0 Å². The van der Waals surface area contributed by atoms with Crippen molar-refractivity contribution in [1.82, 2.24) is 5.32 Å². The van der Waals surface area contributed by atoms with E-state index >= 15 is 0 Å². The fourth-order valence-electron chi connectivity index (χ4n) is 1.82. The number of nitrogens with zero attached hydrogens (tertiary/aromatic N) is 1. The van der Waals surface area contributed by atoms with Crippen LogP contribution >= 0.6 is 0 Å². The van der Waals surface area contributed by atoms with E-state index in [9.17, 15) is 0 Å². The third-order valence-electron chi connectivity index (χ3n) is 2.89. The average molecular weight is 233 g/mol. The predicted molar refractivity (Wildman–Crippen MR) is 70.6 cm³/mol. The molecule has 1 heterocycles. The molecule has 4 heteroatoms. The largest absolute Gasteiger partial charge is 0.493 e. The lowest BCUT2D eigenvalue weighted by molar-refractivity contribution is 0.311. The first-order chi connectivity index (χ1) is 8.27. The van der Waals surface area contributed by atoms with Gasteiger partial charge in [0.1, 0.15) is 5.75 Å². The zero-order chi connectivity index (χ0) is 12.1. The van der Waals surface area contributed by atoms with Gasteiger partial charge in [-0.3, -0.25) is 4.99 Å². The summed E-state index contributed by atoms with van der Waals surface area (Å²) < 4.78 is 5.71. The summed E-state index contributed by atoms with van der Waals surface area (Å²) in [6.45, 7) is 4.56. The highest BCUT2D eigenvalue weighted by molar-refractivity contribution is 5.83. The van der Waals surface area contributed by atoms with Crippen LogP contribution in [0, 0.1) is 6.92 Å². The Balaban J connectivity index is 1.76. The molecule has 1 aliphatic heterocycles. The van der Waals surface area contributed by atoms with Gasteiger partial charge in [-0.15, -0.1) is 0 Å². The summed E-state index contributed by atoms with van der Waals surface area (Å²) in [4.78, 5) is 4.34. The summed E-state index contributed by atoms with van der Waals surface area (Å²) in [7, 11) is 0. The van der Waals surface area contributed by atoms with Crippen molar-refractivity contribution in [3.8, 4) is 5.75 Å². The normalized spacial score (nSPS) is 14.3. The second-order valence-electron chi connectivity index (χ2n) is 4.18. The Bertz CT molecular complexity index is 415. The number of amidine groups is 1. The lowest BCUT2D eigenvalue weighted by Crippen LogP contribution is -2.18. The van der Waals surface area contributed by atoms with E-state index in [0.717, 1.165) is 48.8 Å². The van der Waals surface area contributed by atoms with E-state index in [0.29, 0.717) is 6.61 Å². The first-order valence-electron chi connectivity index (χ1n) is 6.02. The molecule has 3 N–H and O–H groups in total. The van der Waals surface area contributed by atoms with Crippen molar-refractivity contribution in [3.63, 3.8) is 0 Å². The number of ether oxygens (including phenoxy) is 1. The number of nitrogen functional groups attached to an aromatic ring is 1. The number of aliphatic imine (C=N–C) groups is 1. The molecule has 0 amide bonds. The van der Waals surface area contributed by atoms with Gasteiger partial charge < -0.3 is 15.8 Å². The lowest BCUT2D eigenvalue weighted by Gasteiger charge is -2.10. The van der Waals surface area contributed by atoms with Crippen molar-refractivity contribution >= 4 is 11.5 Å². The molecule has 0 saturated carbocycles. The van der Waals surface area contributed by atoms with Crippen molar-refractivity contribution in [2.75, 3.05) is 25.4 Å². The van der Waals surface area contributed by atoms with Crippen LogP contribution in [0.3, 0.4) is 0 Å². The molecule has 4 nitrogen and oxygen atoms in total. The molecule has 2 rings (SSSR count). The predicted octanol–water partition coefficient (Wildman–Crippen LogP) is 1.74. The highest BCUT2D eigenvalue weighted by atomic mass is 16.5. The third kappa shape index (κ3) is 3.12. The maximum absolute atomic E-state index is 5.82. The number of hydrogen-bond donors (Lipinski definition) is 2. The summed E-state index contributed by atoms with van der Waals surface area (Å²) >= 11 is 0. The zero-order valence-corrected chi connectivity index (χ0v) is 10.2. The number of anilines is 1. The van der Waals surface area contributed by atoms with E-state index in [1.54, 1.807) is 0 Å². The molecule has 17 heavy (non-hydrogen) atoms. The summed E-state index contributed by atoms with van der Waals surface area (Å²) in [5.74, 6) is 1.99. The molecule has 92 valence electrons. The van der Waals surface area contributed by atoms with E-state index in [2.05, 4.69) is 10.3 Å². The summed E-state index contributed by atoms with van der Waals surface area (Å²) in [6.07, 6.45) is 1.93. The molecule has 0 bridgehead atoms. The van der Waals surface area contributed by atoms with Crippen molar-refractivity contribution in [2.24, 2.45) is 4.99 Å². The van der Waals surface area contributed by atoms with Crippen LogP contribution in [-0.4, -0.2) is 25.5 Å². The van der Waals surface area contributed by atoms with Gasteiger partial charge in [-0.2, -0.15) is 0 Å². The van der Waals surface area contributed by atoms with Gasteiger partial charge in [-0.25, -0.2) is 0 Å². The molecular formula is C13H19N3O. The molecule has 0 aromatic heterocycles. The number of benzene rings is 1. The Morgan fingerprint density at radius 1 is 1.47 bits per heavy atom. The van der Waals surface area contributed by atoms with E-state index in [1.165, 1.54) is 0 Å². The summed E-state index contributed by atoms with van der Waals surface area (Å²) in [5.41, 5.74) is 7.61. The molecule has 0 atom stereocenters. The second-order valence-corrected chi connectivity index (χ2v) is 4.18. The van der Waals surface area contributed by atoms with Crippen molar-refractivity contribution in [2.45, 2.75) is 19.8 Å². The van der Waals surface area contributed by atoms with Crippen molar-refractivity contribution < 1.29 is 4.74 Å². The smallest absolute Gasteiger partial charge is 0.124 e. The molecule has 0 unspecified atom stereocenters. The van der Waals surface area contributed by atoms with Crippen LogP contribution in [0.4, 0.5) is 5.69 Å². The van der Waals surface area contributed by atoms with Gasteiger partial charge in [0.05, 0.1) is 19.0 Å². The molecule has 0 fully saturated rings. The van der Waals surface area contributed by atoms with Crippen LogP contribution in [0.15, 0.2) is 23.2 Å². The molecule has 0 saturated heterocycles. The van der Waals surface area contributed by atoms with Gasteiger partial charge in [0.15, 0.2) is 0 Å². The minimum absolute atomic E-state index is 0.699. The van der Waals surface area contributed by atoms with Crippen LogP contribution in [-0.2, 0) is 0 Å². The quantitative estimate of drug-likeness (QED) is 0.601. The Morgan fingerprint density at radius 3 is 3.12 bits per heavy atom.